The van der Waals surface area contributed by atoms with E-state index in [4.69, 9.17) is 25.5 Å². The SMILES string of the molecule is Cc1nc2c(C(N)=O)cc(N3CCOCC3)cc2n1-c1cc(-c2cnn(C(c3ccccc3)(c3ccccc3)c3ccccc3)c2)nc2ccccc12. The van der Waals surface area contributed by atoms with E-state index in [-0.39, 0.29) is 0 Å². The monoisotopic (exact) mass is 695 g/mol. The number of ether oxygens (including phenoxy) is 1. The van der Waals surface area contributed by atoms with E-state index in [0.29, 0.717) is 24.3 Å². The molecule has 1 aliphatic heterocycles. The summed E-state index contributed by atoms with van der Waals surface area (Å²) in [4.78, 5) is 25.2. The number of fused-ring (bicyclic) bond motifs is 2. The lowest BCUT2D eigenvalue weighted by Crippen LogP contribution is -2.38. The van der Waals surface area contributed by atoms with Crippen LogP contribution in [0.4, 0.5) is 5.69 Å². The molecule has 1 amide bonds. The van der Waals surface area contributed by atoms with Gasteiger partial charge in [-0.2, -0.15) is 5.10 Å². The van der Waals surface area contributed by atoms with Gasteiger partial charge in [0.15, 0.2) is 0 Å². The number of nitrogens with zero attached hydrogens (tertiary/aromatic N) is 6. The van der Waals surface area contributed by atoms with Crippen LogP contribution in [0.25, 0.3) is 38.9 Å². The highest BCUT2D eigenvalue weighted by Crippen LogP contribution is 2.41. The first-order valence-corrected chi connectivity index (χ1v) is 17.8. The number of carbonyl (C=O) groups is 1. The van der Waals surface area contributed by atoms with Gasteiger partial charge in [0.1, 0.15) is 16.9 Å². The Kier molecular flexibility index (Phi) is 8.05. The number of primary amides is 1. The van der Waals surface area contributed by atoms with Crippen LogP contribution in [0.15, 0.2) is 146 Å². The second-order valence-electron chi connectivity index (χ2n) is 13.3. The number of hydrogen-bond donors (Lipinski definition) is 1. The predicted octanol–water partition coefficient (Wildman–Crippen LogP) is 7.52. The topological polar surface area (TPSA) is 104 Å². The maximum Gasteiger partial charge on any atom is 0.251 e. The zero-order valence-electron chi connectivity index (χ0n) is 29.3. The maximum atomic E-state index is 12.9. The Hall–Kier alpha value is -6.58. The van der Waals surface area contributed by atoms with E-state index in [1.165, 1.54) is 0 Å². The Morgan fingerprint density at radius 1 is 0.755 bits per heavy atom. The van der Waals surface area contributed by atoms with E-state index in [1.807, 2.05) is 55.6 Å². The fourth-order valence-corrected chi connectivity index (χ4v) is 7.84. The van der Waals surface area contributed by atoms with Crippen molar-refractivity contribution in [2.45, 2.75) is 12.5 Å². The second-order valence-corrected chi connectivity index (χ2v) is 13.3. The van der Waals surface area contributed by atoms with Gasteiger partial charge < -0.3 is 15.4 Å². The number of aryl methyl sites for hydroxylation is 1. The molecule has 0 unspecified atom stereocenters. The number of anilines is 1. The third-order valence-electron chi connectivity index (χ3n) is 10.3. The Morgan fingerprint density at radius 3 is 1.98 bits per heavy atom. The van der Waals surface area contributed by atoms with Crippen molar-refractivity contribution in [1.29, 1.82) is 0 Å². The summed E-state index contributed by atoms with van der Waals surface area (Å²) in [5.74, 6) is 0.219. The summed E-state index contributed by atoms with van der Waals surface area (Å²) in [6.07, 6.45) is 3.99. The highest BCUT2D eigenvalue weighted by atomic mass is 16.5. The Balaban J connectivity index is 1.26. The van der Waals surface area contributed by atoms with Gasteiger partial charge in [0.05, 0.1) is 47.4 Å². The van der Waals surface area contributed by atoms with Gasteiger partial charge in [-0.3, -0.25) is 14.0 Å². The van der Waals surface area contributed by atoms with Gasteiger partial charge in [-0.05, 0) is 47.9 Å². The first kappa shape index (κ1) is 32.3. The molecule has 53 heavy (non-hydrogen) atoms. The summed E-state index contributed by atoms with van der Waals surface area (Å²) in [6.45, 7) is 4.64. The van der Waals surface area contributed by atoms with Crippen molar-refractivity contribution < 1.29 is 9.53 Å². The Bertz CT molecular complexity index is 2500. The molecule has 9 rings (SSSR count). The van der Waals surface area contributed by atoms with Crippen molar-refractivity contribution in [3.63, 3.8) is 0 Å². The molecule has 0 bridgehead atoms. The van der Waals surface area contributed by atoms with Crippen LogP contribution in [0.3, 0.4) is 0 Å². The molecule has 5 aromatic carbocycles. The van der Waals surface area contributed by atoms with E-state index in [2.05, 4.69) is 111 Å². The average Bonchev–Trinajstić information content (AvgIpc) is 3.84. The highest BCUT2D eigenvalue weighted by Gasteiger charge is 2.39. The quantitative estimate of drug-likeness (QED) is 0.165. The first-order chi connectivity index (χ1) is 26.0. The van der Waals surface area contributed by atoms with E-state index in [9.17, 15) is 4.79 Å². The minimum Gasteiger partial charge on any atom is -0.378 e. The van der Waals surface area contributed by atoms with Crippen molar-refractivity contribution >= 4 is 33.5 Å². The lowest BCUT2D eigenvalue weighted by Gasteiger charge is -2.36. The van der Waals surface area contributed by atoms with Crippen LogP contribution in [0.5, 0.6) is 0 Å². The van der Waals surface area contributed by atoms with Crippen LogP contribution in [-0.2, 0) is 10.3 Å². The number of morpholine rings is 1. The molecule has 8 aromatic rings. The molecule has 260 valence electrons. The number of benzene rings is 5. The standard InChI is InChI=1S/C44H37N7O2/c1-30-47-42-37(43(45)52)25-35(49-21-23-53-24-22-49)26-41(42)51(30)40-27-39(48-38-20-12-11-19-36(38)40)31-28-46-50(29-31)44(32-13-5-2-6-14-32,33-15-7-3-8-16-33)34-17-9-4-10-18-34/h2-20,25-29H,21-24H2,1H3,(H2,45,52). The second kappa shape index (κ2) is 13.2. The van der Waals surface area contributed by atoms with Gasteiger partial charge in [-0.1, -0.05) is 109 Å². The molecule has 9 nitrogen and oxygen atoms in total. The van der Waals surface area contributed by atoms with Crippen LogP contribution >= 0.6 is 0 Å². The van der Waals surface area contributed by atoms with Crippen LogP contribution in [0.1, 0.15) is 32.9 Å². The lowest BCUT2D eigenvalue weighted by molar-refractivity contribution is 0.100. The molecule has 2 N–H and O–H groups in total. The van der Waals surface area contributed by atoms with Crippen molar-refractivity contribution in [3.8, 4) is 16.9 Å². The molecule has 1 aliphatic rings. The highest BCUT2D eigenvalue weighted by molar-refractivity contribution is 6.06. The smallest absolute Gasteiger partial charge is 0.251 e. The maximum absolute atomic E-state index is 12.9. The largest absolute Gasteiger partial charge is 0.378 e. The van der Waals surface area contributed by atoms with E-state index in [0.717, 1.165) is 74.7 Å². The van der Waals surface area contributed by atoms with Gasteiger partial charge in [0, 0.05) is 35.9 Å². The van der Waals surface area contributed by atoms with Gasteiger partial charge in [-0.15, -0.1) is 0 Å². The lowest BCUT2D eigenvalue weighted by atomic mass is 9.77. The summed E-state index contributed by atoms with van der Waals surface area (Å²) in [7, 11) is 0. The number of para-hydroxylation sites is 1. The predicted molar refractivity (Wildman–Crippen MR) is 208 cm³/mol. The van der Waals surface area contributed by atoms with E-state index >= 15 is 0 Å². The average molecular weight is 696 g/mol. The molecule has 0 radical (unpaired) electrons. The van der Waals surface area contributed by atoms with Crippen molar-refractivity contribution in [1.82, 2.24) is 24.3 Å². The van der Waals surface area contributed by atoms with Crippen LogP contribution < -0.4 is 10.6 Å². The number of hydrogen-bond acceptors (Lipinski definition) is 6. The molecule has 0 aliphatic carbocycles. The fourth-order valence-electron chi connectivity index (χ4n) is 7.84. The van der Waals surface area contributed by atoms with Crippen molar-refractivity contribution in [2.75, 3.05) is 31.2 Å². The minimum atomic E-state index is -0.764. The molecule has 4 heterocycles. The normalized spacial score (nSPS) is 13.5. The molecule has 9 heteroatoms. The van der Waals surface area contributed by atoms with Crippen LogP contribution in [0, 0.1) is 6.92 Å². The zero-order chi connectivity index (χ0) is 35.9. The number of imidazole rings is 1. The summed E-state index contributed by atoms with van der Waals surface area (Å²) < 4.78 is 9.80. The molecule has 1 fully saturated rings. The summed E-state index contributed by atoms with van der Waals surface area (Å²) in [6, 6.07) is 45.7. The third kappa shape index (κ3) is 5.44. The van der Waals surface area contributed by atoms with Crippen molar-refractivity contribution in [2.24, 2.45) is 5.73 Å². The van der Waals surface area contributed by atoms with Gasteiger partial charge in [0.25, 0.3) is 5.91 Å². The van der Waals surface area contributed by atoms with Crippen LogP contribution in [0.2, 0.25) is 0 Å². The molecule has 0 saturated carbocycles. The number of aromatic nitrogens is 5. The van der Waals surface area contributed by atoms with E-state index < -0.39 is 11.4 Å². The van der Waals surface area contributed by atoms with E-state index in [1.54, 1.807) is 0 Å². The van der Waals surface area contributed by atoms with Gasteiger partial charge >= 0.3 is 0 Å². The number of rotatable bonds is 8. The minimum absolute atomic E-state index is 0.393. The zero-order valence-corrected chi connectivity index (χ0v) is 29.3. The number of pyridine rings is 1. The number of amides is 1. The number of carbonyl (C=O) groups excluding carboxylic acids is 1. The Morgan fingerprint density at radius 2 is 1.36 bits per heavy atom. The third-order valence-corrected chi connectivity index (χ3v) is 10.3. The Labute approximate surface area is 306 Å². The summed E-state index contributed by atoms with van der Waals surface area (Å²) >= 11 is 0. The van der Waals surface area contributed by atoms with Gasteiger partial charge in [-0.25, -0.2) is 9.97 Å². The molecular weight excluding hydrogens is 659 g/mol. The molecular formula is C44H37N7O2. The summed E-state index contributed by atoms with van der Waals surface area (Å²) in [5.41, 5.74) is 14.5. The first-order valence-electron chi connectivity index (χ1n) is 17.8. The summed E-state index contributed by atoms with van der Waals surface area (Å²) in [5, 5.41) is 6.07. The number of nitrogens with two attached hydrogens (primary N) is 1. The van der Waals surface area contributed by atoms with Crippen LogP contribution in [-0.4, -0.2) is 56.5 Å². The van der Waals surface area contributed by atoms with Gasteiger partial charge in [0.2, 0.25) is 0 Å². The molecule has 0 atom stereocenters. The van der Waals surface area contributed by atoms with Crippen molar-refractivity contribution in [3.05, 3.63) is 174 Å². The molecule has 1 saturated heterocycles. The molecule has 0 spiro atoms. The molecule has 3 aromatic heterocycles. The fraction of sp³-hybridized carbons (Fsp3) is 0.136.